The van der Waals surface area contributed by atoms with E-state index in [4.69, 9.17) is 0 Å². The zero-order valence-corrected chi connectivity index (χ0v) is 10.1. The van der Waals surface area contributed by atoms with E-state index in [0.29, 0.717) is 0 Å². The molecule has 0 amide bonds. The summed E-state index contributed by atoms with van der Waals surface area (Å²) >= 11 is -2.10. The van der Waals surface area contributed by atoms with Gasteiger partial charge in [-0.1, -0.05) is 46.0 Å². The van der Waals surface area contributed by atoms with Gasteiger partial charge < -0.3 is 4.55 Å². The fraction of sp³-hybridized carbons (Fsp3) is 1.00. The van der Waals surface area contributed by atoms with Crippen LogP contribution in [-0.4, -0.2) is 14.8 Å². The second kappa shape index (κ2) is 9.62. The average Bonchev–Trinajstić information content (AvgIpc) is 2.12. The molecule has 0 aliphatic heterocycles. The number of unbranched alkanes of at least 4 members (excludes halogenated alkanes) is 3. The predicted molar refractivity (Wildman–Crippen MR) is 59.5 cm³/mol. The largest absolute Gasteiger partial charge is 0.760 e. The van der Waals surface area contributed by atoms with E-state index in [-0.39, 0.29) is 6.04 Å². The van der Waals surface area contributed by atoms with Gasteiger partial charge in [-0.15, -0.1) is 0 Å². The van der Waals surface area contributed by atoms with E-state index >= 15 is 0 Å². The molecule has 0 aromatic heterocycles. The molecule has 4 heteroatoms. The Kier molecular flexibility index (Phi) is 9.67. The first-order valence-electron chi connectivity index (χ1n) is 5.56. The molecule has 0 saturated heterocycles. The molecule has 0 rings (SSSR count). The van der Waals surface area contributed by atoms with Crippen LogP contribution in [0.1, 0.15) is 58.8 Å². The van der Waals surface area contributed by atoms with Crippen LogP contribution in [-0.2, 0) is 11.3 Å². The summed E-state index contributed by atoms with van der Waals surface area (Å²) in [5.74, 6) is 0. The summed E-state index contributed by atoms with van der Waals surface area (Å²) in [5, 5.41) is 0. The summed E-state index contributed by atoms with van der Waals surface area (Å²) in [5.41, 5.74) is 0. The van der Waals surface area contributed by atoms with Crippen LogP contribution in [0.2, 0.25) is 0 Å². The first kappa shape index (κ1) is 14.1. The molecule has 0 radical (unpaired) electrons. The first-order valence-corrected chi connectivity index (χ1v) is 6.63. The Balaban J connectivity index is 3.56. The maximum absolute atomic E-state index is 10.5. The lowest BCUT2D eigenvalue weighted by Crippen LogP contribution is -2.30. The summed E-state index contributed by atoms with van der Waals surface area (Å²) in [6.45, 7) is 4.25. The van der Waals surface area contributed by atoms with E-state index in [1.807, 2.05) is 0 Å². The van der Waals surface area contributed by atoms with Crippen molar-refractivity contribution >= 4 is 11.3 Å². The molecular weight excluding hydrogens is 198 g/mol. The molecule has 0 saturated carbocycles. The molecule has 14 heavy (non-hydrogen) atoms. The summed E-state index contributed by atoms with van der Waals surface area (Å²) in [6, 6.07) is 0.148. The number of rotatable bonds is 9. The molecule has 0 aliphatic rings. The molecule has 0 aromatic rings. The van der Waals surface area contributed by atoms with Gasteiger partial charge in [0.05, 0.1) is 0 Å². The highest BCUT2D eigenvalue weighted by Gasteiger charge is 2.06. The standard InChI is InChI=1S/C10H23NO2S/c1-3-5-6-7-9-10(8-4-2)11-14(12)13/h10-11H,3-9H2,1-2H3,(H,12,13)/p-1. The van der Waals surface area contributed by atoms with Gasteiger partial charge in [-0.3, -0.25) is 4.21 Å². The van der Waals surface area contributed by atoms with Crippen LogP contribution < -0.4 is 4.72 Å². The first-order chi connectivity index (χ1) is 6.70. The Morgan fingerprint density at radius 3 is 2.36 bits per heavy atom. The second-order valence-corrected chi connectivity index (χ2v) is 4.39. The van der Waals surface area contributed by atoms with Gasteiger partial charge in [0.2, 0.25) is 0 Å². The summed E-state index contributed by atoms with van der Waals surface area (Å²) in [7, 11) is 0. The summed E-state index contributed by atoms with van der Waals surface area (Å²) in [6.07, 6.45) is 7.76. The van der Waals surface area contributed by atoms with Gasteiger partial charge in [-0.2, -0.15) is 0 Å². The fourth-order valence-electron chi connectivity index (χ4n) is 1.56. The Morgan fingerprint density at radius 2 is 1.86 bits per heavy atom. The van der Waals surface area contributed by atoms with Crippen molar-refractivity contribution in [3.05, 3.63) is 0 Å². The fourth-order valence-corrected chi connectivity index (χ4v) is 2.07. The second-order valence-electron chi connectivity index (χ2n) is 3.69. The van der Waals surface area contributed by atoms with E-state index in [1.54, 1.807) is 0 Å². The van der Waals surface area contributed by atoms with E-state index in [1.165, 1.54) is 19.3 Å². The Hall–Kier alpha value is 0.0700. The van der Waals surface area contributed by atoms with E-state index in [9.17, 15) is 8.76 Å². The minimum atomic E-state index is -2.10. The van der Waals surface area contributed by atoms with Crippen LogP contribution >= 0.6 is 0 Å². The van der Waals surface area contributed by atoms with Gasteiger partial charge in [-0.05, 0) is 12.8 Å². The maximum atomic E-state index is 10.5. The monoisotopic (exact) mass is 220 g/mol. The highest BCUT2D eigenvalue weighted by molar-refractivity contribution is 7.77. The van der Waals surface area contributed by atoms with Gasteiger partial charge in [0.15, 0.2) is 0 Å². The van der Waals surface area contributed by atoms with Crippen LogP contribution in [0.5, 0.6) is 0 Å². The van der Waals surface area contributed by atoms with Gasteiger partial charge in [0.1, 0.15) is 0 Å². The molecule has 2 atom stereocenters. The van der Waals surface area contributed by atoms with Gasteiger partial charge >= 0.3 is 0 Å². The number of nitrogens with one attached hydrogen (secondary N) is 1. The van der Waals surface area contributed by atoms with E-state index in [2.05, 4.69) is 18.6 Å². The number of hydrogen-bond donors (Lipinski definition) is 1. The van der Waals surface area contributed by atoms with Crippen molar-refractivity contribution in [2.24, 2.45) is 0 Å². The Labute approximate surface area is 90.1 Å². The van der Waals surface area contributed by atoms with Crippen molar-refractivity contribution in [3.63, 3.8) is 0 Å². The van der Waals surface area contributed by atoms with Crippen molar-refractivity contribution in [3.8, 4) is 0 Å². The molecule has 1 N–H and O–H groups in total. The van der Waals surface area contributed by atoms with Crippen LogP contribution in [0.3, 0.4) is 0 Å². The third-order valence-electron chi connectivity index (χ3n) is 2.31. The lowest BCUT2D eigenvalue weighted by Gasteiger charge is -2.19. The summed E-state index contributed by atoms with van der Waals surface area (Å²) in [4.78, 5) is 0. The molecule has 0 bridgehead atoms. The SMILES string of the molecule is CCCCCCC(CCC)NS(=O)[O-]. The lowest BCUT2D eigenvalue weighted by atomic mass is 10.0. The minimum absolute atomic E-state index is 0.148. The molecule has 2 unspecified atom stereocenters. The third-order valence-corrected chi connectivity index (χ3v) is 2.83. The summed E-state index contributed by atoms with van der Waals surface area (Å²) < 4.78 is 23.5. The van der Waals surface area contributed by atoms with E-state index in [0.717, 1.165) is 25.7 Å². The van der Waals surface area contributed by atoms with Crippen molar-refractivity contribution in [2.75, 3.05) is 0 Å². The van der Waals surface area contributed by atoms with Gasteiger partial charge in [0, 0.05) is 17.3 Å². The zero-order chi connectivity index (χ0) is 10.8. The maximum Gasteiger partial charge on any atom is 0.0184 e. The van der Waals surface area contributed by atoms with Crippen molar-refractivity contribution in [1.82, 2.24) is 4.72 Å². The Bertz CT molecular complexity index is 153. The van der Waals surface area contributed by atoms with Gasteiger partial charge in [-0.25, -0.2) is 4.72 Å². The minimum Gasteiger partial charge on any atom is -0.760 e. The van der Waals surface area contributed by atoms with Crippen LogP contribution in [0.15, 0.2) is 0 Å². The molecule has 0 fully saturated rings. The highest BCUT2D eigenvalue weighted by Crippen LogP contribution is 2.09. The normalized spacial score (nSPS) is 15.4. The van der Waals surface area contributed by atoms with Crippen LogP contribution in [0.25, 0.3) is 0 Å². The molecule has 86 valence electrons. The van der Waals surface area contributed by atoms with E-state index < -0.39 is 11.3 Å². The van der Waals surface area contributed by atoms with Crippen LogP contribution in [0.4, 0.5) is 0 Å². The van der Waals surface area contributed by atoms with Crippen molar-refractivity contribution in [1.29, 1.82) is 0 Å². The third kappa shape index (κ3) is 8.66. The highest BCUT2D eigenvalue weighted by atomic mass is 32.2. The lowest BCUT2D eigenvalue weighted by molar-refractivity contribution is 0.456. The van der Waals surface area contributed by atoms with Gasteiger partial charge in [0.25, 0.3) is 0 Å². The quantitative estimate of drug-likeness (QED) is 0.479. The molecule has 3 nitrogen and oxygen atoms in total. The topological polar surface area (TPSA) is 52.2 Å². The smallest absolute Gasteiger partial charge is 0.0184 e. The molecule has 0 aromatic carbocycles. The van der Waals surface area contributed by atoms with Crippen molar-refractivity contribution < 1.29 is 8.76 Å². The van der Waals surface area contributed by atoms with Crippen LogP contribution in [0, 0.1) is 0 Å². The molecular formula is C10H22NO2S-. The molecule has 0 aliphatic carbocycles. The predicted octanol–water partition coefficient (Wildman–Crippen LogP) is 2.51. The zero-order valence-electron chi connectivity index (χ0n) is 9.25. The van der Waals surface area contributed by atoms with Crippen molar-refractivity contribution in [2.45, 2.75) is 64.8 Å². The molecule has 0 heterocycles. The number of hydrogen-bond acceptors (Lipinski definition) is 2. The molecule has 0 spiro atoms. The Morgan fingerprint density at radius 1 is 1.14 bits per heavy atom. The average molecular weight is 220 g/mol.